The summed E-state index contributed by atoms with van der Waals surface area (Å²) in [6.45, 7) is 3.73. The number of hydrogen-bond acceptors (Lipinski definition) is 5. The first kappa shape index (κ1) is 15.4. The molecule has 1 aromatic carbocycles. The number of anilines is 1. The van der Waals surface area contributed by atoms with Crippen molar-refractivity contribution in [1.29, 1.82) is 0 Å². The topological polar surface area (TPSA) is 50.3 Å². The van der Waals surface area contributed by atoms with E-state index in [2.05, 4.69) is 20.2 Å². The predicted octanol–water partition coefficient (Wildman–Crippen LogP) is 2.57. The van der Waals surface area contributed by atoms with Crippen molar-refractivity contribution in [3.8, 4) is 6.01 Å². The quantitative estimate of drug-likeness (QED) is 0.862. The Kier molecular flexibility index (Phi) is 4.08. The first-order chi connectivity index (χ1) is 11.7. The lowest BCUT2D eigenvalue weighted by Crippen LogP contribution is -2.27. The zero-order valence-corrected chi connectivity index (χ0v) is 13.7. The molecular weight excluding hydrogens is 331 g/mol. The molecule has 0 saturated carbocycles. The maximum Gasteiger partial charge on any atom is 0.318 e. The number of nitrogens with zero attached hydrogens (tertiary/aromatic N) is 3. The number of aromatic nitrogens is 2. The van der Waals surface area contributed by atoms with Crippen LogP contribution in [0.2, 0.25) is 5.02 Å². The van der Waals surface area contributed by atoms with Crippen molar-refractivity contribution in [2.24, 2.45) is 0 Å². The SMILES string of the molecule is Fc1cc(Cl)ccc1COc1nccc(N2CC3=C(CNC3)C2)n1. The van der Waals surface area contributed by atoms with Crippen LogP contribution in [0.25, 0.3) is 0 Å². The predicted molar refractivity (Wildman–Crippen MR) is 89.9 cm³/mol. The summed E-state index contributed by atoms with van der Waals surface area (Å²) in [5.41, 5.74) is 3.31. The van der Waals surface area contributed by atoms with E-state index in [4.69, 9.17) is 16.3 Å². The maximum absolute atomic E-state index is 13.8. The van der Waals surface area contributed by atoms with Crippen LogP contribution in [0.15, 0.2) is 41.6 Å². The van der Waals surface area contributed by atoms with Crippen molar-refractivity contribution in [2.75, 3.05) is 31.1 Å². The minimum Gasteiger partial charge on any atom is -0.458 e. The van der Waals surface area contributed by atoms with Gasteiger partial charge >= 0.3 is 6.01 Å². The summed E-state index contributed by atoms with van der Waals surface area (Å²) in [4.78, 5) is 10.7. The Morgan fingerprint density at radius 1 is 1.21 bits per heavy atom. The summed E-state index contributed by atoms with van der Waals surface area (Å²) in [5, 5.41) is 3.71. The highest BCUT2D eigenvalue weighted by Crippen LogP contribution is 2.25. The van der Waals surface area contributed by atoms with Gasteiger partial charge in [-0.25, -0.2) is 9.37 Å². The van der Waals surface area contributed by atoms with Gasteiger partial charge in [0, 0.05) is 43.0 Å². The van der Waals surface area contributed by atoms with Crippen LogP contribution in [0.4, 0.5) is 10.2 Å². The Morgan fingerprint density at radius 2 is 2.00 bits per heavy atom. The molecule has 0 atom stereocenters. The fraction of sp³-hybridized carbons (Fsp3) is 0.294. The van der Waals surface area contributed by atoms with Gasteiger partial charge < -0.3 is 15.0 Å². The number of hydrogen-bond donors (Lipinski definition) is 1. The second kappa shape index (κ2) is 6.37. The van der Waals surface area contributed by atoms with Gasteiger partial charge in [0.25, 0.3) is 0 Å². The molecule has 2 aliphatic heterocycles. The molecule has 124 valence electrons. The molecule has 3 heterocycles. The van der Waals surface area contributed by atoms with E-state index in [1.54, 1.807) is 18.3 Å². The van der Waals surface area contributed by atoms with E-state index in [0.717, 1.165) is 32.0 Å². The summed E-state index contributed by atoms with van der Waals surface area (Å²) < 4.78 is 19.3. The van der Waals surface area contributed by atoms with E-state index in [-0.39, 0.29) is 12.6 Å². The zero-order chi connectivity index (χ0) is 16.5. The largest absolute Gasteiger partial charge is 0.458 e. The van der Waals surface area contributed by atoms with Crippen molar-refractivity contribution in [3.05, 3.63) is 58.0 Å². The number of rotatable bonds is 4. The third-order valence-corrected chi connectivity index (χ3v) is 4.49. The van der Waals surface area contributed by atoms with Crippen LogP contribution < -0.4 is 15.0 Å². The molecule has 2 aromatic rings. The van der Waals surface area contributed by atoms with Gasteiger partial charge in [0.2, 0.25) is 0 Å². The van der Waals surface area contributed by atoms with Crippen LogP contribution in [0, 0.1) is 5.82 Å². The lowest BCUT2D eigenvalue weighted by Gasteiger charge is -2.19. The Balaban J connectivity index is 1.43. The Morgan fingerprint density at radius 3 is 2.75 bits per heavy atom. The van der Waals surface area contributed by atoms with Crippen LogP contribution in [-0.2, 0) is 6.61 Å². The van der Waals surface area contributed by atoms with E-state index in [1.165, 1.54) is 17.2 Å². The summed E-state index contributed by atoms with van der Waals surface area (Å²) >= 11 is 5.75. The van der Waals surface area contributed by atoms with Crippen molar-refractivity contribution in [1.82, 2.24) is 15.3 Å². The minimum atomic E-state index is -0.397. The maximum atomic E-state index is 13.8. The normalized spacial score (nSPS) is 16.7. The van der Waals surface area contributed by atoms with Crippen LogP contribution in [0.3, 0.4) is 0 Å². The molecule has 0 radical (unpaired) electrons. The third-order valence-electron chi connectivity index (χ3n) is 4.25. The van der Waals surface area contributed by atoms with Crippen molar-refractivity contribution in [2.45, 2.75) is 6.61 Å². The molecule has 0 unspecified atom stereocenters. The monoisotopic (exact) mass is 346 g/mol. The number of nitrogens with one attached hydrogen (secondary N) is 1. The number of halogens is 2. The highest BCUT2D eigenvalue weighted by Gasteiger charge is 2.26. The summed E-state index contributed by atoms with van der Waals surface area (Å²) in [5.74, 6) is 0.428. The van der Waals surface area contributed by atoms with Gasteiger partial charge in [0.1, 0.15) is 18.2 Å². The fourth-order valence-electron chi connectivity index (χ4n) is 2.99. The molecule has 2 aliphatic rings. The first-order valence-electron chi connectivity index (χ1n) is 7.74. The third kappa shape index (κ3) is 3.07. The van der Waals surface area contributed by atoms with Gasteiger partial charge in [-0.3, -0.25) is 0 Å². The smallest absolute Gasteiger partial charge is 0.318 e. The molecule has 0 spiro atoms. The molecule has 0 fully saturated rings. The van der Waals surface area contributed by atoms with Gasteiger partial charge in [-0.15, -0.1) is 0 Å². The van der Waals surface area contributed by atoms with Crippen molar-refractivity contribution < 1.29 is 9.13 Å². The molecular formula is C17H16ClFN4O. The summed E-state index contributed by atoms with van der Waals surface area (Å²) in [6, 6.07) is 6.61. The second-order valence-corrected chi connectivity index (χ2v) is 6.32. The molecule has 0 aliphatic carbocycles. The van der Waals surface area contributed by atoms with E-state index >= 15 is 0 Å². The number of ether oxygens (including phenoxy) is 1. The lowest BCUT2D eigenvalue weighted by atomic mass is 10.2. The molecule has 0 saturated heterocycles. The average Bonchev–Trinajstić information content (AvgIpc) is 3.16. The fourth-order valence-corrected chi connectivity index (χ4v) is 3.15. The average molecular weight is 347 g/mol. The van der Waals surface area contributed by atoms with Crippen molar-refractivity contribution in [3.63, 3.8) is 0 Å². The zero-order valence-electron chi connectivity index (χ0n) is 12.9. The molecule has 1 aromatic heterocycles. The van der Waals surface area contributed by atoms with Crippen LogP contribution in [0.1, 0.15) is 5.56 Å². The van der Waals surface area contributed by atoms with E-state index in [0.29, 0.717) is 10.6 Å². The van der Waals surface area contributed by atoms with Gasteiger partial charge in [0.15, 0.2) is 0 Å². The molecule has 1 N–H and O–H groups in total. The van der Waals surface area contributed by atoms with Gasteiger partial charge in [0.05, 0.1) is 0 Å². The van der Waals surface area contributed by atoms with Gasteiger partial charge in [-0.1, -0.05) is 17.7 Å². The molecule has 24 heavy (non-hydrogen) atoms. The van der Waals surface area contributed by atoms with Crippen LogP contribution >= 0.6 is 11.6 Å². The molecule has 5 nitrogen and oxygen atoms in total. The second-order valence-electron chi connectivity index (χ2n) is 5.89. The Labute approximate surface area is 144 Å². The molecule has 4 rings (SSSR count). The Bertz CT molecular complexity index is 795. The van der Waals surface area contributed by atoms with Crippen LogP contribution in [0.5, 0.6) is 6.01 Å². The van der Waals surface area contributed by atoms with E-state index < -0.39 is 5.82 Å². The summed E-state index contributed by atoms with van der Waals surface area (Å²) in [7, 11) is 0. The van der Waals surface area contributed by atoms with Gasteiger partial charge in [-0.05, 0) is 29.3 Å². The highest BCUT2D eigenvalue weighted by molar-refractivity contribution is 6.30. The van der Waals surface area contributed by atoms with Gasteiger partial charge in [-0.2, -0.15) is 4.98 Å². The highest BCUT2D eigenvalue weighted by atomic mass is 35.5. The lowest BCUT2D eigenvalue weighted by molar-refractivity contribution is 0.275. The molecule has 0 bridgehead atoms. The summed E-state index contributed by atoms with van der Waals surface area (Å²) in [6.07, 6.45) is 1.66. The number of benzene rings is 1. The first-order valence-corrected chi connectivity index (χ1v) is 8.12. The van der Waals surface area contributed by atoms with Crippen molar-refractivity contribution >= 4 is 17.4 Å². The van der Waals surface area contributed by atoms with Crippen LogP contribution in [-0.4, -0.2) is 36.1 Å². The standard InChI is InChI=1S/C17H16ClFN4O/c18-14-2-1-11(15(19)5-14)10-24-17-21-4-3-16(22-17)23-8-12-6-20-7-13(12)9-23/h1-5,20H,6-10H2. The van der Waals surface area contributed by atoms with E-state index in [1.807, 2.05) is 6.07 Å². The Hall–Kier alpha value is -2.18. The molecule has 0 amide bonds. The van der Waals surface area contributed by atoms with E-state index in [9.17, 15) is 4.39 Å². The minimum absolute atomic E-state index is 0.0606. The molecule has 7 heteroatoms.